The minimum absolute atomic E-state index is 0.181. The van der Waals surface area contributed by atoms with Crippen molar-refractivity contribution in [3.05, 3.63) is 122 Å². The predicted molar refractivity (Wildman–Crippen MR) is 137 cm³/mol. The van der Waals surface area contributed by atoms with E-state index in [1.807, 2.05) is 0 Å². The quantitative estimate of drug-likeness (QED) is 0.215. The third-order valence-corrected chi connectivity index (χ3v) is 6.55. The van der Waals surface area contributed by atoms with E-state index in [4.69, 9.17) is 0 Å². The number of hydrogen-bond donors (Lipinski definition) is 0. The van der Waals surface area contributed by atoms with Crippen molar-refractivity contribution < 1.29 is 27.6 Å². The van der Waals surface area contributed by atoms with Crippen molar-refractivity contribution in [2.45, 2.75) is 12.7 Å². The van der Waals surface area contributed by atoms with E-state index in [0.29, 0.717) is 15.6 Å². The molecule has 190 valence electrons. The number of anilines is 1. The molecule has 0 spiro atoms. The summed E-state index contributed by atoms with van der Waals surface area (Å²) in [6, 6.07) is 18.4. The first-order chi connectivity index (χ1) is 18.0. The number of rotatable bonds is 5. The maximum Gasteiger partial charge on any atom is 0.416 e. The summed E-state index contributed by atoms with van der Waals surface area (Å²) in [6.07, 6.45) is -3.10. The summed E-state index contributed by atoms with van der Waals surface area (Å²) in [6.45, 7) is -0.392. The molecular formula is C28H16BrF3N2O4. The molecule has 4 aromatic rings. The number of ketones is 1. The lowest BCUT2D eigenvalue weighted by Gasteiger charge is -2.16. The Morgan fingerprint density at radius 3 is 2.03 bits per heavy atom. The van der Waals surface area contributed by atoms with Crippen LogP contribution in [0.15, 0.2) is 94.3 Å². The Labute approximate surface area is 222 Å². The van der Waals surface area contributed by atoms with Gasteiger partial charge in [0.1, 0.15) is 5.69 Å². The van der Waals surface area contributed by atoms with Crippen LogP contribution in [-0.4, -0.2) is 22.2 Å². The lowest BCUT2D eigenvalue weighted by molar-refractivity contribution is -0.137. The van der Waals surface area contributed by atoms with Crippen molar-refractivity contribution in [1.82, 2.24) is 4.57 Å². The van der Waals surface area contributed by atoms with Crippen molar-refractivity contribution in [3.8, 4) is 11.1 Å². The highest BCUT2D eigenvalue weighted by Crippen LogP contribution is 2.32. The number of Topliss-reactive ketones (excluding diaryl/α,β-unsaturated/α-hetero) is 1. The molecule has 0 fully saturated rings. The van der Waals surface area contributed by atoms with Crippen LogP contribution < -0.4 is 10.5 Å². The first-order valence-electron chi connectivity index (χ1n) is 11.2. The number of alkyl halides is 3. The normalized spacial score (nSPS) is 13.1. The maximum absolute atomic E-state index is 13.2. The number of benzene rings is 3. The van der Waals surface area contributed by atoms with Crippen LogP contribution in [0.3, 0.4) is 0 Å². The zero-order valence-corrected chi connectivity index (χ0v) is 20.9. The highest BCUT2D eigenvalue weighted by Gasteiger charge is 2.38. The van der Waals surface area contributed by atoms with Gasteiger partial charge in [0, 0.05) is 16.2 Å². The third-order valence-electron chi connectivity index (χ3n) is 6.11. The van der Waals surface area contributed by atoms with Gasteiger partial charge in [0.2, 0.25) is 0 Å². The van der Waals surface area contributed by atoms with Crippen molar-refractivity contribution in [2.24, 2.45) is 0 Å². The molecule has 1 aliphatic heterocycles. The van der Waals surface area contributed by atoms with Gasteiger partial charge in [-0.25, -0.2) is 4.90 Å². The lowest BCUT2D eigenvalue weighted by Crippen LogP contribution is -2.37. The number of carbonyl (C=O) groups is 3. The molecule has 0 unspecified atom stereocenters. The number of carbonyl (C=O) groups excluding carboxylic acids is 3. The van der Waals surface area contributed by atoms with Crippen molar-refractivity contribution in [3.63, 3.8) is 0 Å². The van der Waals surface area contributed by atoms with Gasteiger partial charge in [-0.15, -0.1) is 0 Å². The van der Waals surface area contributed by atoms with E-state index in [1.165, 1.54) is 60.8 Å². The number of imide groups is 1. The standard InChI is InChI=1S/C28H16BrF3N2O4/c29-20-13-23(34-25(36)21-6-1-2-7-22(21)26(34)37)27(38)33(14-20)15-24(35)17-10-8-16(9-11-17)18-4-3-5-19(12-18)28(30,31)32/h1-14H,15H2. The topological polar surface area (TPSA) is 76.5 Å². The third kappa shape index (κ3) is 4.58. The molecule has 10 heteroatoms. The van der Waals surface area contributed by atoms with E-state index >= 15 is 0 Å². The SMILES string of the molecule is O=C(Cn1cc(Br)cc(N2C(=O)c3ccccc3C2=O)c1=O)c1ccc(-c2cccc(C(F)(F)F)c2)cc1. The number of fused-ring (bicyclic) bond motifs is 1. The number of pyridine rings is 1. The van der Waals surface area contributed by atoms with Crippen LogP contribution in [0.2, 0.25) is 0 Å². The van der Waals surface area contributed by atoms with Crippen LogP contribution >= 0.6 is 15.9 Å². The summed E-state index contributed by atoms with van der Waals surface area (Å²) < 4.78 is 40.6. The molecule has 0 aliphatic carbocycles. The van der Waals surface area contributed by atoms with Crippen molar-refractivity contribution in [1.29, 1.82) is 0 Å². The van der Waals surface area contributed by atoms with Crippen molar-refractivity contribution >= 4 is 39.2 Å². The molecule has 0 radical (unpaired) electrons. The smallest absolute Gasteiger partial charge is 0.305 e. The molecule has 5 rings (SSSR count). The number of amides is 2. The Morgan fingerprint density at radius 1 is 0.789 bits per heavy atom. The summed E-state index contributed by atoms with van der Waals surface area (Å²) in [5, 5.41) is 0. The summed E-state index contributed by atoms with van der Waals surface area (Å²) in [5.41, 5.74) is -0.267. The minimum atomic E-state index is -4.48. The number of halogens is 4. The van der Waals surface area contributed by atoms with E-state index < -0.39 is 41.4 Å². The number of nitrogens with zero attached hydrogens (tertiary/aromatic N) is 2. The molecule has 3 aromatic carbocycles. The Hall–Kier alpha value is -4.31. The zero-order chi connectivity index (χ0) is 27.2. The van der Waals surface area contributed by atoms with Gasteiger partial charge in [-0.1, -0.05) is 48.5 Å². The van der Waals surface area contributed by atoms with Crippen LogP contribution in [-0.2, 0) is 12.7 Å². The molecule has 0 saturated heterocycles. The number of hydrogen-bond acceptors (Lipinski definition) is 4. The molecule has 6 nitrogen and oxygen atoms in total. The fourth-order valence-electron chi connectivity index (χ4n) is 4.24. The molecule has 0 N–H and O–H groups in total. The van der Waals surface area contributed by atoms with Crippen LogP contribution in [0.25, 0.3) is 11.1 Å². The van der Waals surface area contributed by atoms with Gasteiger partial charge in [0.25, 0.3) is 17.4 Å². The van der Waals surface area contributed by atoms with Gasteiger partial charge in [0.05, 0.1) is 23.2 Å². The molecule has 0 atom stereocenters. The average molecular weight is 581 g/mol. The van der Waals surface area contributed by atoms with Gasteiger partial charge in [0.15, 0.2) is 5.78 Å². The average Bonchev–Trinajstić information content (AvgIpc) is 3.15. The van der Waals surface area contributed by atoms with Crippen molar-refractivity contribution in [2.75, 3.05) is 4.90 Å². The molecule has 1 aliphatic rings. The van der Waals surface area contributed by atoms with E-state index in [-0.39, 0.29) is 22.4 Å². The Balaban J connectivity index is 1.41. The van der Waals surface area contributed by atoms with Gasteiger partial charge in [-0.2, -0.15) is 13.2 Å². The second-order valence-electron chi connectivity index (χ2n) is 8.55. The fourth-order valence-corrected chi connectivity index (χ4v) is 4.70. The van der Waals surface area contributed by atoms with E-state index in [9.17, 15) is 32.3 Å². The predicted octanol–water partition coefficient (Wildman–Crippen LogP) is 5.98. The zero-order valence-electron chi connectivity index (χ0n) is 19.3. The molecule has 2 heterocycles. The van der Waals surface area contributed by atoms with Crippen LogP contribution in [0.5, 0.6) is 0 Å². The monoisotopic (exact) mass is 580 g/mol. The fraction of sp³-hybridized carbons (Fsp3) is 0.0714. The summed E-state index contributed by atoms with van der Waals surface area (Å²) in [4.78, 5) is 52.7. The van der Waals surface area contributed by atoms with Crippen LogP contribution in [0.4, 0.5) is 18.9 Å². The summed E-state index contributed by atoms with van der Waals surface area (Å²) in [7, 11) is 0. The van der Waals surface area contributed by atoms with Gasteiger partial charge < -0.3 is 4.57 Å². The molecule has 0 saturated carbocycles. The Morgan fingerprint density at radius 2 is 1.42 bits per heavy atom. The second-order valence-corrected chi connectivity index (χ2v) is 9.46. The van der Waals surface area contributed by atoms with Gasteiger partial charge in [-0.05, 0) is 57.4 Å². The minimum Gasteiger partial charge on any atom is -0.305 e. The van der Waals surface area contributed by atoms with E-state index in [2.05, 4.69) is 15.9 Å². The van der Waals surface area contributed by atoms with Crippen LogP contribution in [0.1, 0.15) is 36.6 Å². The number of aromatic nitrogens is 1. The molecular weight excluding hydrogens is 565 g/mol. The molecule has 0 bridgehead atoms. The largest absolute Gasteiger partial charge is 0.416 e. The first-order valence-corrected chi connectivity index (χ1v) is 12.0. The molecule has 38 heavy (non-hydrogen) atoms. The second kappa shape index (κ2) is 9.53. The highest BCUT2D eigenvalue weighted by molar-refractivity contribution is 9.10. The van der Waals surface area contributed by atoms with E-state index in [1.54, 1.807) is 12.1 Å². The highest BCUT2D eigenvalue weighted by atomic mass is 79.9. The first kappa shape index (κ1) is 25.3. The molecule has 2 amide bonds. The van der Waals surface area contributed by atoms with Gasteiger partial charge >= 0.3 is 6.18 Å². The summed E-state index contributed by atoms with van der Waals surface area (Å²) >= 11 is 3.27. The Kier molecular flexibility index (Phi) is 6.36. The summed E-state index contributed by atoms with van der Waals surface area (Å²) in [5.74, 6) is -1.72. The maximum atomic E-state index is 13.2. The lowest BCUT2D eigenvalue weighted by atomic mass is 10.0. The van der Waals surface area contributed by atoms with E-state index in [0.717, 1.165) is 21.6 Å². The Bertz CT molecular complexity index is 1640. The molecule has 1 aromatic heterocycles. The van der Waals surface area contributed by atoms with Crippen LogP contribution in [0, 0.1) is 0 Å². The van der Waals surface area contributed by atoms with Gasteiger partial charge in [-0.3, -0.25) is 19.2 Å².